The van der Waals surface area contributed by atoms with E-state index < -0.39 is 29.6 Å². The third-order valence-electron chi connectivity index (χ3n) is 4.63. The zero-order valence-corrected chi connectivity index (χ0v) is 14.9. The number of aromatic nitrogens is 4. The number of hydrogen-bond acceptors (Lipinski definition) is 5. The standard InChI is InChI=1S/C16H17F5N6O/c1-7-10(6-27(26-7)15(2,12(17)18)13(22)28)24-14-23-5-9(16(19,20)21)11(25-14)8-3-4-8/h5-6,8,12H,3-4H2,1-2H3,(H2,22,28)(H,23,24,25). The molecule has 1 saturated carbocycles. The molecular formula is C16H17F5N6O. The number of carbonyl (C=O) groups is 1. The molecule has 0 bridgehead atoms. The van der Waals surface area contributed by atoms with Crippen molar-refractivity contribution < 1.29 is 26.7 Å². The van der Waals surface area contributed by atoms with Crippen LogP contribution in [0.5, 0.6) is 0 Å². The van der Waals surface area contributed by atoms with Crippen molar-refractivity contribution in [1.82, 2.24) is 19.7 Å². The number of nitrogens with one attached hydrogen (secondary N) is 1. The SMILES string of the molecule is Cc1nn(C(C)(C(N)=O)C(F)F)cc1Nc1ncc(C(F)(F)F)c(C2CC2)n1. The lowest BCUT2D eigenvalue weighted by atomic mass is 10.0. The van der Waals surface area contributed by atoms with E-state index in [0.717, 1.165) is 17.8 Å². The van der Waals surface area contributed by atoms with Crippen LogP contribution in [0.2, 0.25) is 0 Å². The molecule has 1 unspecified atom stereocenters. The van der Waals surface area contributed by atoms with Crippen molar-refractivity contribution >= 4 is 17.5 Å². The van der Waals surface area contributed by atoms with Crippen LogP contribution in [0.4, 0.5) is 33.6 Å². The van der Waals surface area contributed by atoms with Crippen LogP contribution in [0.1, 0.15) is 42.6 Å². The van der Waals surface area contributed by atoms with Gasteiger partial charge < -0.3 is 11.1 Å². The summed E-state index contributed by atoms with van der Waals surface area (Å²) in [4.78, 5) is 19.2. The lowest BCUT2D eigenvalue weighted by Crippen LogP contribution is -2.49. The highest BCUT2D eigenvalue weighted by atomic mass is 19.4. The Morgan fingerprint density at radius 3 is 2.50 bits per heavy atom. The second-order valence-electron chi connectivity index (χ2n) is 6.77. The molecule has 0 aromatic carbocycles. The largest absolute Gasteiger partial charge is 0.419 e. The van der Waals surface area contributed by atoms with Crippen LogP contribution >= 0.6 is 0 Å². The van der Waals surface area contributed by atoms with E-state index in [2.05, 4.69) is 20.4 Å². The van der Waals surface area contributed by atoms with Gasteiger partial charge in [-0.2, -0.15) is 18.3 Å². The third kappa shape index (κ3) is 3.50. The topological polar surface area (TPSA) is 98.7 Å². The molecule has 3 N–H and O–H groups in total. The molecule has 0 saturated heterocycles. The highest BCUT2D eigenvalue weighted by molar-refractivity contribution is 5.83. The Morgan fingerprint density at radius 1 is 1.36 bits per heavy atom. The minimum Gasteiger partial charge on any atom is -0.367 e. The average Bonchev–Trinajstić information content (AvgIpc) is 3.37. The fourth-order valence-corrected chi connectivity index (χ4v) is 2.60. The van der Waals surface area contributed by atoms with Crippen LogP contribution in [0.25, 0.3) is 0 Å². The predicted molar refractivity (Wildman–Crippen MR) is 88.1 cm³/mol. The lowest BCUT2D eigenvalue weighted by Gasteiger charge is -2.25. The number of nitrogens with zero attached hydrogens (tertiary/aromatic N) is 4. The van der Waals surface area contributed by atoms with Crippen LogP contribution < -0.4 is 11.1 Å². The Kier molecular flexibility index (Phi) is 4.76. The molecule has 7 nitrogen and oxygen atoms in total. The number of rotatable bonds is 6. The molecule has 152 valence electrons. The molecule has 0 radical (unpaired) electrons. The van der Waals surface area contributed by atoms with Crippen LogP contribution in [0.15, 0.2) is 12.4 Å². The molecule has 1 aliphatic rings. The van der Waals surface area contributed by atoms with Gasteiger partial charge in [0.2, 0.25) is 5.95 Å². The second kappa shape index (κ2) is 6.67. The molecule has 28 heavy (non-hydrogen) atoms. The first-order valence-corrected chi connectivity index (χ1v) is 8.30. The van der Waals surface area contributed by atoms with Crippen LogP contribution in [-0.4, -0.2) is 32.1 Å². The monoisotopic (exact) mass is 404 g/mol. The minimum atomic E-state index is -4.57. The maximum atomic E-state index is 13.4. The number of aryl methyl sites for hydroxylation is 1. The van der Waals surface area contributed by atoms with Gasteiger partial charge in [-0.1, -0.05) is 0 Å². The van der Waals surface area contributed by atoms with Gasteiger partial charge in [0.25, 0.3) is 12.3 Å². The van der Waals surface area contributed by atoms with Gasteiger partial charge in [0.1, 0.15) is 0 Å². The van der Waals surface area contributed by atoms with E-state index in [9.17, 15) is 26.7 Å². The van der Waals surface area contributed by atoms with Crippen molar-refractivity contribution in [1.29, 1.82) is 0 Å². The Hall–Kier alpha value is -2.79. The summed E-state index contributed by atoms with van der Waals surface area (Å²) in [5.74, 6) is -1.70. The zero-order valence-electron chi connectivity index (χ0n) is 14.9. The van der Waals surface area contributed by atoms with Gasteiger partial charge >= 0.3 is 6.18 Å². The van der Waals surface area contributed by atoms with Crippen molar-refractivity contribution in [3.05, 3.63) is 29.3 Å². The summed E-state index contributed by atoms with van der Waals surface area (Å²) >= 11 is 0. The Morgan fingerprint density at radius 2 is 2.00 bits per heavy atom. The number of alkyl halides is 5. The van der Waals surface area contributed by atoms with Crippen molar-refractivity contribution in [2.75, 3.05) is 5.32 Å². The number of amides is 1. The average molecular weight is 404 g/mol. The van der Waals surface area contributed by atoms with E-state index in [0.29, 0.717) is 19.0 Å². The summed E-state index contributed by atoms with van der Waals surface area (Å²) in [5.41, 5.74) is 2.09. The Bertz CT molecular complexity index is 907. The van der Waals surface area contributed by atoms with Crippen LogP contribution in [-0.2, 0) is 16.5 Å². The van der Waals surface area contributed by atoms with Gasteiger partial charge in [-0.05, 0) is 26.7 Å². The number of hydrogen-bond donors (Lipinski definition) is 2. The van der Waals surface area contributed by atoms with E-state index >= 15 is 0 Å². The molecular weight excluding hydrogens is 387 g/mol. The first-order chi connectivity index (χ1) is 12.9. The molecule has 2 heterocycles. The van der Waals surface area contributed by atoms with E-state index in [-0.39, 0.29) is 28.9 Å². The molecule has 2 aromatic rings. The number of carbonyl (C=O) groups excluding carboxylic acids is 1. The van der Waals surface area contributed by atoms with Crippen molar-refractivity contribution in [2.24, 2.45) is 5.73 Å². The first kappa shape index (κ1) is 20.0. The zero-order chi connectivity index (χ0) is 20.9. The quantitative estimate of drug-likeness (QED) is 0.721. The normalized spacial score (nSPS) is 16.9. The van der Waals surface area contributed by atoms with Crippen molar-refractivity contribution in [3.8, 4) is 0 Å². The predicted octanol–water partition coefficient (Wildman–Crippen LogP) is 3.09. The molecule has 0 aliphatic heterocycles. The number of nitrogens with two attached hydrogens (primary N) is 1. The summed E-state index contributed by atoms with van der Waals surface area (Å²) in [7, 11) is 0. The Labute approximate surface area is 156 Å². The van der Waals surface area contributed by atoms with Crippen molar-refractivity contribution in [3.63, 3.8) is 0 Å². The fraction of sp³-hybridized carbons (Fsp3) is 0.500. The van der Waals surface area contributed by atoms with Gasteiger partial charge in [-0.25, -0.2) is 23.4 Å². The van der Waals surface area contributed by atoms with E-state index in [1.807, 2.05) is 0 Å². The molecule has 1 aliphatic carbocycles. The van der Waals surface area contributed by atoms with Gasteiger partial charge in [-0.15, -0.1) is 0 Å². The third-order valence-corrected chi connectivity index (χ3v) is 4.63. The fourth-order valence-electron chi connectivity index (χ4n) is 2.60. The molecule has 0 spiro atoms. The van der Waals surface area contributed by atoms with E-state index in [1.165, 1.54) is 6.92 Å². The van der Waals surface area contributed by atoms with Crippen LogP contribution in [0, 0.1) is 6.92 Å². The van der Waals surface area contributed by atoms with Gasteiger partial charge in [0, 0.05) is 12.1 Å². The molecule has 12 heteroatoms. The van der Waals surface area contributed by atoms with Gasteiger partial charge in [0.15, 0.2) is 5.54 Å². The maximum Gasteiger partial charge on any atom is 0.419 e. The first-order valence-electron chi connectivity index (χ1n) is 8.30. The smallest absolute Gasteiger partial charge is 0.367 e. The van der Waals surface area contributed by atoms with E-state index in [4.69, 9.17) is 5.73 Å². The second-order valence-corrected chi connectivity index (χ2v) is 6.77. The molecule has 1 fully saturated rings. The Balaban J connectivity index is 1.94. The highest BCUT2D eigenvalue weighted by Crippen LogP contribution is 2.45. The summed E-state index contributed by atoms with van der Waals surface area (Å²) in [5, 5.41) is 6.56. The molecule has 3 rings (SSSR count). The summed E-state index contributed by atoms with van der Waals surface area (Å²) < 4.78 is 66.8. The maximum absolute atomic E-state index is 13.4. The molecule has 1 amide bonds. The lowest BCUT2D eigenvalue weighted by molar-refractivity contribution is -0.138. The number of primary amides is 1. The molecule has 2 aromatic heterocycles. The van der Waals surface area contributed by atoms with E-state index in [1.54, 1.807) is 0 Å². The van der Waals surface area contributed by atoms with Gasteiger partial charge in [-0.3, -0.25) is 4.79 Å². The van der Waals surface area contributed by atoms with Gasteiger partial charge in [0.05, 0.1) is 28.8 Å². The summed E-state index contributed by atoms with van der Waals surface area (Å²) in [6.07, 6.45) is -4.69. The minimum absolute atomic E-state index is 0.107. The molecule has 1 atom stereocenters. The van der Waals surface area contributed by atoms with Crippen LogP contribution in [0.3, 0.4) is 0 Å². The summed E-state index contributed by atoms with van der Waals surface area (Å²) in [6, 6.07) is 0. The number of anilines is 2. The highest BCUT2D eigenvalue weighted by Gasteiger charge is 2.44. The van der Waals surface area contributed by atoms with Crippen molar-refractivity contribution in [2.45, 2.75) is 50.7 Å². The summed E-state index contributed by atoms with van der Waals surface area (Å²) in [6.45, 7) is 2.41. The number of halogens is 5.